The minimum atomic E-state index is -0.238. The molecule has 0 N–H and O–H groups in total. The molecule has 0 aliphatic heterocycles. The van der Waals surface area contributed by atoms with Crippen molar-refractivity contribution < 1.29 is 8.78 Å². The molecule has 0 heterocycles. The molecule has 0 unspecified atom stereocenters. The average molecular weight is 176 g/mol. The van der Waals surface area contributed by atoms with Gasteiger partial charge in [0.25, 0.3) is 0 Å². The Morgan fingerprint density at radius 1 is 0.833 bits per heavy atom. The highest BCUT2D eigenvalue weighted by atomic mass is 19.1. The molecule has 0 aliphatic carbocycles. The van der Waals surface area contributed by atoms with Crippen LogP contribution in [0.5, 0.6) is 0 Å². The number of alkyl halides is 2. The molecule has 0 rings (SSSR count). The fourth-order valence-electron chi connectivity index (χ4n) is 1.06. The highest BCUT2D eigenvalue weighted by Crippen LogP contribution is 2.12. The van der Waals surface area contributed by atoms with Crippen LogP contribution in [0.3, 0.4) is 0 Å². The van der Waals surface area contributed by atoms with Gasteiger partial charge in [-0.1, -0.05) is 12.2 Å². The first-order valence-electron chi connectivity index (χ1n) is 4.60. The molecule has 72 valence electrons. The summed E-state index contributed by atoms with van der Waals surface area (Å²) in [6.45, 7) is 3.38. The third-order valence-electron chi connectivity index (χ3n) is 1.83. The first kappa shape index (κ1) is 11.6. The van der Waals surface area contributed by atoms with Crippen LogP contribution in [-0.4, -0.2) is 13.3 Å². The molecule has 0 radical (unpaired) electrons. The van der Waals surface area contributed by atoms with Crippen molar-refractivity contribution in [1.29, 1.82) is 0 Å². The van der Waals surface area contributed by atoms with E-state index in [0.717, 1.165) is 31.3 Å². The van der Waals surface area contributed by atoms with E-state index >= 15 is 0 Å². The minimum Gasteiger partial charge on any atom is -0.251 e. The van der Waals surface area contributed by atoms with Crippen molar-refractivity contribution >= 4 is 0 Å². The van der Waals surface area contributed by atoms with Gasteiger partial charge in [0.1, 0.15) is 0 Å². The quantitative estimate of drug-likeness (QED) is 0.389. The van der Waals surface area contributed by atoms with Gasteiger partial charge >= 0.3 is 0 Å². The van der Waals surface area contributed by atoms with E-state index in [9.17, 15) is 8.78 Å². The lowest BCUT2D eigenvalue weighted by Gasteiger charge is -2.02. The summed E-state index contributed by atoms with van der Waals surface area (Å²) in [5.41, 5.74) is 1.14. The van der Waals surface area contributed by atoms with Crippen molar-refractivity contribution in [3.8, 4) is 0 Å². The average Bonchev–Trinajstić information content (AvgIpc) is 2.06. The highest BCUT2D eigenvalue weighted by Gasteiger charge is 1.95. The summed E-state index contributed by atoms with van der Waals surface area (Å²) in [6.07, 6.45) is 4.81. The Morgan fingerprint density at radius 3 is 1.58 bits per heavy atom. The number of allylic oxidation sites excluding steroid dienone is 1. The predicted octanol–water partition coefficient (Wildman–Crippen LogP) is 3.82. The largest absolute Gasteiger partial charge is 0.251 e. The van der Waals surface area contributed by atoms with Crippen molar-refractivity contribution in [2.45, 2.75) is 38.5 Å². The van der Waals surface area contributed by atoms with Crippen molar-refractivity contribution in [3.05, 3.63) is 12.2 Å². The Hall–Kier alpha value is -0.400. The second-order valence-corrected chi connectivity index (χ2v) is 3.04. The Kier molecular flexibility index (Phi) is 8.40. The summed E-state index contributed by atoms with van der Waals surface area (Å²) < 4.78 is 23.3. The van der Waals surface area contributed by atoms with E-state index < -0.39 is 0 Å². The monoisotopic (exact) mass is 176 g/mol. The molecule has 0 amide bonds. The van der Waals surface area contributed by atoms with Gasteiger partial charge in [-0.2, -0.15) is 0 Å². The molecule has 0 saturated carbocycles. The van der Waals surface area contributed by atoms with E-state index in [0.29, 0.717) is 12.8 Å². The smallest absolute Gasteiger partial charge is 0.0894 e. The van der Waals surface area contributed by atoms with Crippen LogP contribution in [0, 0.1) is 0 Å². The Bertz CT molecular complexity index is 98.4. The van der Waals surface area contributed by atoms with Gasteiger partial charge in [0.2, 0.25) is 0 Å². The van der Waals surface area contributed by atoms with Gasteiger partial charge in [-0.05, 0) is 38.5 Å². The molecule has 12 heavy (non-hydrogen) atoms. The summed E-state index contributed by atoms with van der Waals surface area (Å²) >= 11 is 0. The maximum absolute atomic E-state index is 11.7. The molecule has 0 aromatic rings. The molecule has 0 spiro atoms. The van der Waals surface area contributed by atoms with Crippen molar-refractivity contribution in [2.75, 3.05) is 13.3 Å². The Labute approximate surface area is 73.7 Å². The molecule has 0 saturated heterocycles. The lowest BCUT2D eigenvalue weighted by Crippen LogP contribution is -1.86. The molecule has 0 aromatic carbocycles. The van der Waals surface area contributed by atoms with Gasteiger partial charge < -0.3 is 0 Å². The fourth-order valence-corrected chi connectivity index (χ4v) is 1.06. The summed E-state index contributed by atoms with van der Waals surface area (Å²) in [6, 6.07) is 0. The van der Waals surface area contributed by atoms with Crippen LogP contribution in [0.1, 0.15) is 38.5 Å². The minimum absolute atomic E-state index is 0.238. The van der Waals surface area contributed by atoms with Crippen LogP contribution in [0.4, 0.5) is 8.78 Å². The predicted molar refractivity (Wildman–Crippen MR) is 48.8 cm³/mol. The van der Waals surface area contributed by atoms with Crippen LogP contribution in [0.15, 0.2) is 12.2 Å². The SMILES string of the molecule is C=C(CCCCF)CCCCF. The van der Waals surface area contributed by atoms with Crippen molar-refractivity contribution in [3.63, 3.8) is 0 Å². The maximum atomic E-state index is 11.7. The molecule has 0 fully saturated rings. The van der Waals surface area contributed by atoms with E-state index in [1.807, 2.05) is 0 Å². The second-order valence-electron chi connectivity index (χ2n) is 3.04. The Morgan fingerprint density at radius 2 is 1.25 bits per heavy atom. The third-order valence-corrected chi connectivity index (χ3v) is 1.83. The first-order valence-corrected chi connectivity index (χ1v) is 4.60. The van der Waals surface area contributed by atoms with E-state index in [-0.39, 0.29) is 13.3 Å². The molecule has 0 aliphatic rings. The zero-order valence-corrected chi connectivity index (χ0v) is 7.62. The summed E-state index contributed by atoms with van der Waals surface area (Å²) in [7, 11) is 0. The van der Waals surface area contributed by atoms with Crippen LogP contribution >= 0.6 is 0 Å². The molecule has 0 atom stereocenters. The number of hydrogen-bond donors (Lipinski definition) is 0. The number of hydrogen-bond acceptors (Lipinski definition) is 0. The second kappa shape index (κ2) is 8.69. The van der Waals surface area contributed by atoms with Crippen LogP contribution < -0.4 is 0 Å². The standard InChI is InChI=1S/C10H18F2/c1-10(6-2-4-8-11)7-3-5-9-12/h1-9H2. The van der Waals surface area contributed by atoms with Crippen molar-refractivity contribution in [2.24, 2.45) is 0 Å². The number of halogens is 2. The zero-order chi connectivity index (χ0) is 9.23. The van der Waals surface area contributed by atoms with Gasteiger partial charge in [-0.3, -0.25) is 8.78 Å². The fraction of sp³-hybridized carbons (Fsp3) is 0.800. The molecule has 0 bridgehead atoms. The lowest BCUT2D eigenvalue weighted by molar-refractivity contribution is 0.453. The molecular weight excluding hydrogens is 158 g/mol. The van der Waals surface area contributed by atoms with Crippen LogP contribution in [0.2, 0.25) is 0 Å². The van der Waals surface area contributed by atoms with E-state index in [1.54, 1.807) is 0 Å². The maximum Gasteiger partial charge on any atom is 0.0894 e. The van der Waals surface area contributed by atoms with Gasteiger partial charge in [-0.25, -0.2) is 0 Å². The summed E-state index contributed by atoms with van der Waals surface area (Å²) in [4.78, 5) is 0. The van der Waals surface area contributed by atoms with Crippen LogP contribution in [-0.2, 0) is 0 Å². The van der Waals surface area contributed by atoms with E-state index in [1.165, 1.54) is 0 Å². The van der Waals surface area contributed by atoms with Gasteiger partial charge in [-0.15, -0.1) is 0 Å². The summed E-state index contributed by atoms with van der Waals surface area (Å²) in [5, 5.41) is 0. The normalized spacial score (nSPS) is 10.2. The first-order chi connectivity index (χ1) is 5.81. The number of rotatable bonds is 8. The van der Waals surface area contributed by atoms with Gasteiger partial charge in [0.15, 0.2) is 0 Å². The molecule has 2 heteroatoms. The topological polar surface area (TPSA) is 0 Å². The van der Waals surface area contributed by atoms with Gasteiger partial charge in [0, 0.05) is 0 Å². The van der Waals surface area contributed by atoms with E-state index in [4.69, 9.17) is 0 Å². The third kappa shape index (κ3) is 7.70. The van der Waals surface area contributed by atoms with E-state index in [2.05, 4.69) is 6.58 Å². The molecular formula is C10H18F2. The van der Waals surface area contributed by atoms with Crippen molar-refractivity contribution in [1.82, 2.24) is 0 Å². The highest BCUT2D eigenvalue weighted by molar-refractivity contribution is 4.93. The Balaban J connectivity index is 3.10. The zero-order valence-electron chi connectivity index (χ0n) is 7.62. The van der Waals surface area contributed by atoms with Gasteiger partial charge in [0.05, 0.1) is 13.3 Å². The molecule has 0 nitrogen and oxygen atoms in total. The molecule has 0 aromatic heterocycles. The number of unbranched alkanes of at least 4 members (excludes halogenated alkanes) is 2. The lowest BCUT2D eigenvalue weighted by atomic mass is 10.0. The van der Waals surface area contributed by atoms with Crippen LogP contribution in [0.25, 0.3) is 0 Å². The summed E-state index contributed by atoms with van der Waals surface area (Å²) in [5.74, 6) is 0.